The zero-order chi connectivity index (χ0) is 39.4. The summed E-state index contributed by atoms with van der Waals surface area (Å²) in [5.74, 6) is -1.03. The molecule has 0 heterocycles. The van der Waals surface area contributed by atoms with Crippen LogP contribution in [0, 0.1) is 0 Å². The quantitative estimate of drug-likeness (QED) is 0.0207. The molecule has 0 bridgehead atoms. The Morgan fingerprint density at radius 1 is 0.389 bits per heavy atom. The zero-order valence-corrected chi connectivity index (χ0v) is 34.7. The van der Waals surface area contributed by atoms with Crippen LogP contribution in [0.1, 0.15) is 181 Å². The topological polar surface area (TPSA) is 78.9 Å². The molecule has 0 aliphatic rings. The number of unbranched alkanes of at least 4 members (excludes halogenated alkanes) is 16. The SMILES string of the molecule is CC\C=C/C=C\C=C/C=C\C=C/CCCC(=O)OCC(COC(=O)CCCCCC/C=C\CCCC)OC(=O)CCCCC/C=C\CCCCCCCC. The molecule has 1 atom stereocenters. The van der Waals surface area contributed by atoms with Crippen molar-refractivity contribution in [3.63, 3.8) is 0 Å². The lowest BCUT2D eigenvalue weighted by atomic mass is 10.1. The molecule has 6 nitrogen and oxygen atoms in total. The normalized spacial score (nSPS) is 12.9. The third-order valence-corrected chi connectivity index (χ3v) is 8.73. The van der Waals surface area contributed by atoms with E-state index in [9.17, 15) is 14.4 Å². The van der Waals surface area contributed by atoms with E-state index in [1.807, 2.05) is 54.7 Å². The molecule has 1 unspecified atom stereocenters. The predicted molar refractivity (Wildman–Crippen MR) is 228 cm³/mol. The van der Waals surface area contributed by atoms with E-state index < -0.39 is 6.10 Å². The van der Waals surface area contributed by atoms with Gasteiger partial charge in [0.05, 0.1) is 0 Å². The molecule has 0 aromatic heterocycles. The molecule has 306 valence electrons. The summed E-state index contributed by atoms with van der Waals surface area (Å²) in [4.78, 5) is 37.6. The van der Waals surface area contributed by atoms with Gasteiger partial charge in [0.2, 0.25) is 0 Å². The molecule has 0 aliphatic carbocycles. The van der Waals surface area contributed by atoms with Gasteiger partial charge in [-0.05, 0) is 77.0 Å². The predicted octanol–water partition coefficient (Wildman–Crippen LogP) is 13.7. The summed E-state index contributed by atoms with van der Waals surface area (Å²) in [6, 6.07) is 0. The van der Waals surface area contributed by atoms with Crippen molar-refractivity contribution in [2.24, 2.45) is 0 Å². The Labute approximate surface area is 331 Å². The van der Waals surface area contributed by atoms with Crippen LogP contribution < -0.4 is 0 Å². The molecule has 0 radical (unpaired) electrons. The highest BCUT2D eigenvalue weighted by Gasteiger charge is 2.19. The van der Waals surface area contributed by atoms with Crippen molar-refractivity contribution in [1.82, 2.24) is 0 Å². The maximum atomic E-state index is 12.7. The van der Waals surface area contributed by atoms with Gasteiger partial charge in [0.15, 0.2) is 6.10 Å². The number of carbonyl (C=O) groups is 3. The van der Waals surface area contributed by atoms with E-state index in [2.05, 4.69) is 51.2 Å². The lowest BCUT2D eigenvalue weighted by molar-refractivity contribution is -0.167. The number of carbonyl (C=O) groups excluding carboxylic acids is 3. The van der Waals surface area contributed by atoms with Gasteiger partial charge in [0.25, 0.3) is 0 Å². The first-order chi connectivity index (χ1) is 26.5. The Morgan fingerprint density at radius 2 is 0.778 bits per heavy atom. The molecule has 54 heavy (non-hydrogen) atoms. The van der Waals surface area contributed by atoms with Gasteiger partial charge in [-0.1, -0.05) is 170 Å². The molecule has 0 aromatic rings. The van der Waals surface area contributed by atoms with Gasteiger partial charge in [-0.25, -0.2) is 0 Å². The molecular formula is C48H78O6. The molecule has 0 fully saturated rings. The van der Waals surface area contributed by atoms with Gasteiger partial charge in [0.1, 0.15) is 13.2 Å². The van der Waals surface area contributed by atoms with Crippen LogP contribution in [-0.2, 0) is 28.6 Å². The van der Waals surface area contributed by atoms with E-state index in [4.69, 9.17) is 14.2 Å². The second-order valence-corrected chi connectivity index (χ2v) is 14.0. The van der Waals surface area contributed by atoms with E-state index >= 15 is 0 Å². The Balaban J connectivity index is 4.55. The highest BCUT2D eigenvalue weighted by atomic mass is 16.6. The molecule has 0 amide bonds. The average Bonchev–Trinajstić information content (AvgIpc) is 3.17. The minimum absolute atomic E-state index is 0.113. The number of esters is 3. The van der Waals surface area contributed by atoms with Crippen LogP contribution >= 0.6 is 0 Å². The number of hydrogen-bond acceptors (Lipinski definition) is 6. The molecule has 0 saturated carbocycles. The van der Waals surface area contributed by atoms with Crippen molar-refractivity contribution in [2.45, 2.75) is 187 Å². The Bertz CT molecular complexity index is 1090. The van der Waals surface area contributed by atoms with Crippen LogP contribution in [-0.4, -0.2) is 37.2 Å². The van der Waals surface area contributed by atoms with Crippen LogP contribution in [0.15, 0.2) is 85.1 Å². The summed E-state index contributed by atoms with van der Waals surface area (Å²) >= 11 is 0. The number of allylic oxidation sites excluding steroid dienone is 14. The minimum Gasteiger partial charge on any atom is -0.462 e. The van der Waals surface area contributed by atoms with E-state index in [1.54, 1.807) is 0 Å². The molecule has 6 heteroatoms. The minimum atomic E-state index is -0.814. The molecule has 0 rings (SSSR count). The van der Waals surface area contributed by atoms with Crippen LogP contribution in [0.2, 0.25) is 0 Å². The van der Waals surface area contributed by atoms with Gasteiger partial charge in [-0.2, -0.15) is 0 Å². The summed E-state index contributed by atoms with van der Waals surface area (Å²) in [7, 11) is 0. The van der Waals surface area contributed by atoms with E-state index in [0.29, 0.717) is 12.8 Å². The monoisotopic (exact) mass is 751 g/mol. The smallest absolute Gasteiger partial charge is 0.306 e. The van der Waals surface area contributed by atoms with Gasteiger partial charge in [-0.15, -0.1) is 0 Å². The number of hydrogen-bond donors (Lipinski definition) is 0. The number of rotatable bonds is 37. The first-order valence-electron chi connectivity index (χ1n) is 21.7. The molecular weight excluding hydrogens is 673 g/mol. The van der Waals surface area contributed by atoms with Crippen molar-refractivity contribution < 1.29 is 28.6 Å². The van der Waals surface area contributed by atoms with Crippen LogP contribution in [0.4, 0.5) is 0 Å². The van der Waals surface area contributed by atoms with Crippen LogP contribution in [0.3, 0.4) is 0 Å². The van der Waals surface area contributed by atoms with Crippen molar-refractivity contribution in [3.8, 4) is 0 Å². The molecule has 0 N–H and O–H groups in total. The van der Waals surface area contributed by atoms with Gasteiger partial charge in [-0.3, -0.25) is 14.4 Å². The maximum absolute atomic E-state index is 12.7. The summed E-state index contributed by atoms with van der Waals surface area (Å²) in [5.41, 5.74) is 0. The van der Waals surface area contributed by atoms with E-state index in [0.717, 1.165) is 83.5 Å². The van der Waals surface area contributed by atoms with Gasteiger partial charge in [0, 0.05) is 19.3 Å². The standard InChI is InChI=1S/C48H78O6/c1-4-7-10-13-16-19-22-24-26-29-32-35-38-41-47(50)53-44-45(43-52-46(49)40-37-34-31-28-21-18-15-12-9-6-3)54-48(51)42-39-36-33-30-27-25-23-20-17-14-11-8-5-2/h7,10,13,15-16,18-19,22,24-27,29,32,45H,4-6,8-9,11-12,14,17,20-21,23,28,30-31,33-44H2,1-3H3/b10-7-,16-13-,18-15-,22-19-,26-24-,27-25-,32-29-. The highest BCUT2D eigenvalue weighted by molar-refractivity contribution is 5.71. The lowest BCUT2D eigenvalue weighted by Crippen LogP contribution is -2.30. The fraction of sp³-hybridized carbons (Fsp3) is 0.646. The highest BCUT2D eigenvalue weighted by Crippen LogP contribution is 2.12. The third kappa shape index (κ3) is 39.8. The van der Waals surface area contributed by atoms with Crippen molar-refractivity contribution in [3.05, 3.63) is 85.1 Å². The van der Waals surface area contributed by atoms with Gasteiger partial charge < -0.3 is 14.2 Å². The van der Waals surface area contributed by atoms with E-state index in [-0.39, 0.29) is 44.0 Å². The molecule has 0 aromatic carbocycles. The Morgan fingerprint density at radius 3 is 1.31 bits per heavy atom. The zero-order valence-electron chi connectivity index (χ0n) is 34.7. The molecule has 0 spiro atoms. The fourth-order valence-electron chi connectivity index (χ4n) is 5.44. The Hall–Kier alpha value is -3.41. The second-order valence-electron chi connectivity index (χ2n) is 14.0. The summed E-state index contributed by atoms with van der Waals surface area (Å²) < 4.78 is 16.6. The van der Waals surface area contributed by atoms with Crippen molar-refractivity contribution in [1.29, 1.82) is 0 Å². The Kier molecular flexibility index (Phi) is 39.7. The first kappa shape index (κ1) is 50.6. The van der Waals surface area contributed by atoms with Crippen molar-refractivity contribution >= 4 is 17.9 Å². The fourth-order valence-corrected chi connectivity index (χ4v) is 5.44. The summed E-state index contributed by atoms with van der Waals surface area (Å²) in [6.07, 6.45) is 52.9. The average molecular weight is 751 g/mol. The van der Waals surface area contributed by atoms with Crippen LogP contribution in [0.5, 0.6) is 0 Å². The van der Waals surface area contributed by atoms with Crippen molar-refractivity contribution in [2.75, 3.05) is 13.2 Å². The third-order valence-electron chi connectivity index (χ3n) is 8.73. The second kappa shape index (κ2) is 42.3. The lowest BCUT2D eigenvalue weighted by Gasteiger charge is -2.18. The summed E-state index contributed by atoms with van der Waals surface area (Å²) in [5, 5.41) is 0. The molecule has 0 aliphatic heterocycles. The van der Waals surface area contributed by atoms with Crippen LogP contribution in [0.25, 0.3) is 0 Å². The number of ether oxygens (including phenoxy) is 3. The maximum Gasteiger partial charge on any atom is 0.306 e. The molecule has 0 saturated heterocycles. The summed E-state index contributed by atoms with van der Waals surface area (Å²) in [6.45, 7) is 6.32. The van der Waals surface area contributed by atoms with Gasteiger partial charge >= 0.3 is 17.9 Å². The van der Waals surface area contributed by atoms with E-state index in [1.165, 1.54) is 51.4 Å². The largest absolute Gasteiger partial charge is 0.462 e. The first-order valence-corrected chi connectivity index (χ1v) is 21.7.